The van der Waals surface area contributed by atoms with E-state index in [0.29, 0.717) is 37.2 Å². The summed E-state index contributed by atoms with van der Waals surface area (Å²) in [5.74, 6) is 0.873. The molecule has 1 aromatic heterocycles. The van der Waals surface area contributed by atoms with Crippen LogP contribution in [0.15, 0.2) is 36.5 Å². The number of carbonyl (C=O) groups is 1. The van der Waals surface area contributed by atoms with Gasteiger partial charge in [-0.25, -0.2) is 15.2 Å². The molecule has 1 aliphatic heterocycles. The van der Waals surface area contributed by atoms with Gasteiger partial charge in [0, 0.05) is 24.8 Å². The molecule has 1 aromatic carbocycles. The van der Waals surface area contributed by atoms with Crippen molar-refractivity contribution in [1.82, 2.24) is 9.88 Å². The van der Waals surface area contributed by atoms with Gasteiger partial charge in [-0.05, 0) is 57.4 Å². The van der Waals surface area contributed by atoms with Crippen LogP contribution in [0.3, 0.4) is 0 Å². The van der Waals surface area contributed by atoms with Gasteiger partial charge in [0.2, 0.25) is 5.90 Å². The number of nitrogens with two attached hydrogens (primary N) is 2. The number of aromatic nitrogens is 1. The minimum absolute atomic E-state index is 0.0835. The van der Waals surface area contributed by atoms with Crippen molar-refractivity contribution in [2.45, 2.75) is 39.2 Å². The number of hydrogen-bond donors (Lipinski definition) is 3. The van der Waals surface area contributed by atoms with Crippen LogP contribution in [-0.4, -0.2) is 53.6 Å². The Balaban J connectivity index is 1.63. The molecule has 5 N–H and O–H groups in total. The van der Waals surface area contributed by atoms with E-state index in [-0.39, 0.29) is 29.6 Å². The van der Waals surface area contributed by atoms with E-state index in [2.05, 4.69) is 4.98 Å². The number of nitrogens with one attached hydrogen (secondary N) is 1. The van der Waals surface area contributed by atoms with E-state index in [0.717, 1.165) is 11.1 Å². The fraction of sp³-hybridized carbons (Fsp3) is 0.417. The van der Waals surface area contributed by atoms with Gasteiger partial charge < -0.3 is 24.8 Å². The number of nitrogen functional groups attached to an aromatic ring is 1. The Hall–Kier alpha value is -3.62. The molecule has 0 saturated carbocycles. The number of hydrogen-bond acceptors (Lipinski definition) is 7. The summed E-state index contributed by atoms with van der Waals surface area (Å²) < 4.78 is 16.4. The number of pyridine rings is 1. The van der Waals surface area contributed by atoms with Crippen LogP contribution in [0.4, 0.5) is 10.6 Å². The Kier molecular flexibility index (Phi) is 7.20. The molecule has 176 valence electrons. The summed E-state index contributed by atoms with van der Waals surface area (Å²) in [7, 11) is 1.60. The van der Waals surface area contributed by atoms with Gasteiger partial charge in [0.25, 0.3) is 0 Å². The summed E-state index contributed by atoms with van der Waals surface area (Å²) >= 11 is 0. The van der Waals surface area contributed by atoms with Crippen LogP contribution in [0, 0.1) is 11.3 Å². The molecule has 0 bridgehead atoms. The highest BCUT2D eigenvalue weighted by atomic mass is 16.6. The first-order valence-corrected chi connectivity index (χ1v) is 10.8. The molecule has 0 radical (unpaired) electrons. The molecule has 0 unspecified atom stereocenters. The zero-order valence-corrected chi connectivity index (χ0v) is 19.6. The summed E-state index contributed by atoms with van der Waals surface area (Å²) in [6.07, 6.45) is 2.55. The lowest BCUT2D eigenvalue weighted by molar-refractivity contribution is -0.141. The molecule has 1 amide bonds. The number of carbonyl (C=O) groups excluding carboxylic acids is 1. The molecule has 1 saturated heterocycles. The molecule has 9 nitrogen and oxygen atoms in total. The lowest BCUT2D eigenvalue weighted by atomic mass is 9.97. The molecule has 0 aliphatic carbocycles. The minimum atomic E-state index is -0.537. The van der Waals surface area contributed by atoms with Crippen molar-refractivity contribution in [1.29, 1.82) is 5.41 Å². The van der Waals surface area contributed by atoms with Gasteiger partial charge >= 0.3 is 12.0 Å². The average molecular weight is 455 g/mol. The van der Waals surface area contributed by atoms with E-state index in [9.17, 15) is 4.79 Å². The number of ether oxygens (including phenoxy) is 3. The molecule has 0 atom stereocenters. The first kappa shape index (κ1) is 24.0. The number of benzene rings is 1. The van der Waals surface area contributed by atoms with Gasteiger partial charge in [0.1, 0.15) is 17.2 Å². The quantitative estimate of drug-likeness (QED) is 0.480. The van der Waals surface area contributed by atoms with Crippen LogP contribution in [-0.2, 0) is 9.47 Å². The molecule has 33 heavy (non-hydrogen) atoms. The first-order chi connectivity index (χ1) is 15.6. The van der Waals surface area contributed by atoms with Crippen LogP contribution < -0.4 is 15.9 Å². The number of methoxy groups -OCH3 is 1. The number of piperidine rings is 1. The predicted molar refractivity (Wildman–Crippen MR) is 126 cm³/mol. The van der Waals surface area contributed by atoms with E-state index in [1.165, 1.54) is 0 Å². The Labute approximate surface area is 193 Å². The molecule has 3 rings (SSSR count). The second-order valence-electron chi connectivity index (χ2n) is 8.96. The molecule has 0 spiro atoms. The molecule has 2 heterocycles. The van der Waals surface area contributed by atoms with Crippen molar-refractivity contribution in [2.24, 2.45) is 5.92 Å². The van der Waals surface area contributed by atoms with Gasteiger partial charge in [-0.3, -0.25) is 5.41 Å². The van der Waals surface area contributed by atoms with Gasteiger partial charge in [-0.1, -0.05) is 12.1 Å². The SMILES string of the molecule is COc1cccc(-c2cnc(N)c(C(=N)OC(=[NH2+])C3CCN(C(=O)OC(C)(C)C)CC3)c2)c1. The molecule has 1 aliphatic rings. The van der Waals surface area contributed by atoms with Gasteiger partial charge in [0.05, 0.1) is 18.6 Å². The lowest BCUT2D eigenvalue weighted by Gasteiger charge is -2.32. The average Bonchev–Trinajstić information content (AvgIpc) is 2.78. The minimum Gasteiger partial charge on any atom is -0.497 e. The highest BCUT2D eigenvalue weighted by Gasteiger charge is 2.32. The lowest BCUT2D eigenvalue weighted by Crippen LogP contribution is -2.51. The summed E-state index contributed by atoms with van der Waals surface area (Å²) in [5, 5.41) is 14.6. The van der Waals surface area contributed by atoms with E-state index >= 15 is 0 Å². The number of nitrogens with zero attached hydrogens (tertiary/aromatic N) is 2. The second-order valence-corrected chi connectivity index (χ2v) is 8.96. The van der Waals surface area contributed by atoms with E-state index in [4.69, 9.17) is 30.8 Å². The molecular weight excluding hydrogens is 422 g/mol. The maximum atomic E-state index is 12.3. The molecule has 2 aromatic rings. The summed E-state index contributed by atoms with van der Waals surface area (Å²) in [6.45, 7) is 6.53. The van der Waals surface area contributed by atoms with Crippen LogP contribution in [0.2, 0.25) is 0 Å². The Morgan fingerprint density at radius 1 is 1.21 bits per heavy atom. The van der Waals surface area contributed by atoms with Crippen LogP contribution in [0.1, 0.15) is 39.2 Å². The zero-order chi connectivity index (χ0) is 24.2. The first-order valence-electron chi connectivity index (χ1n) is 10.8. The van der Waals surface area contributed by atoms with Gasteiger partial charge in [-0.15, -0.1) is 0 Å². The van der Waals surface area contributed by atoms with E-state index < -0.39 is 5.60 Å². The fourth-order valence-corrected chi connectivity index (χ4v) is 3.55. The number of amides is 1. The monoisotopic (exact) mass is 454 g/mol. The fourth-order valence-electron chi connectivity index (χ4n) is 3.55. The maximum Gasteiger partial charge on any atom is 0.410 e. The van der Waals surface area contributed by atoms with Crippen molar-refractivity contribution >= 4 is 23.7 Å². The third-order valence-electron chi connectivity index (χ3n) is 5.34. The summed E-state index contributed by atoms with van der Waals surface area (Å²) in [5.41, 5.74) is 7.48. The Bertz CT molecular complexity index is 1040. The van der Waals surface area contributed by atoms with Crippen molar-refractivity contribution in [3.63, 3.8) is 0 Å². The second kappa shape index (κ2) is 9.89. The predicted octanol–water partition coefficient (Wildman–Crippen LogP) is 2.49. The van der Waals surface area contributed by atoms with Crippen molar-refractivity contribution in [3.8, 4) is 16.9 Å². The largest absolute Gasteiger partial charge is 0.497 e. The van der Waals surface area contributed by atoms with Crippen molar-refractivity contribution in [2.75, 3.05) is 25.9 Å². The highest BCUT2D eigenvalue weighted by Crippen LogP contribution is 2.26. The van der Waals surface area contributed by atoms with Crippen molar-refractivity contribution < 1.29 is 24.4 Å². The zero-order valence-electron chi connectivity index (χ0n) is 19.6. The Morgan fingerprint density at radius 3 is 2.55 bits per heavy atom. The molecule has 9 heteroatoms. The maximum absolute atomic E-state index is 12.3. The van der Waals surface area contributed by atoms with Crippen molar-refractivity contribution in [3.05, 3.63) is 42.1 Å². The highest BCUT2D eigenvalue weighted by molar-refractivity contribution is 6.02. The third-order valence-corrected chi connectivity index (χ3v) is 5.34. The van der Waals surface area contributed by atoms with Crippen LogP contribution in [0.5, 0.6) is 5.75 Å². The van der Waals surface area contributed by atoms with Crippen LogP contribution >= 0.6 is 0 Å². The summed E-state index contributed by atoms with van der Waals surface area (Å²) in [6, 6.07) is 9.27. The molecular formula is C24H32N5O4+. The van der Waals surface area contributed by atoms with Gasteiger partial charge in [-0.2, -0.15) is 0 Å². The van der Waals surface area contributed by atoms with Crippen LogP contribution in [0.25, 0.3) is 11.1 Å². The summed E-state index contributed by atoms with van der Waals surface area (Å²) in [4.78, 5) is 18.1. The van der Waals surface area contributed by atoms with E-state index in [1.54, 1.807) is 24.3 Å². The standard InChI is InChI=1S/C24H31N5O4/c1-24(2,3)33-23(30)29-10-8-15(9-11-29)21(26)32-22(27)19-13-17(14-28-20(19)25)16-6-5-7-18(12-16)31-4/h5-7,12-15,26-27H,8-11H2,1-4H3,(H2,25,28)/p+1. The topological polar surface area (TPSA) is 136 Å². The normalized spacial score (nSPS) is 14.5. The number of rotatable bonds is 4. The molecule has 1 fully saturated rings. The van der Waals surface area contributed by atoms with Gasteiger partial charge in [0.15, 0.2) is 0 Å². The number of anilines is 1. The van der Waals surface area contributed by atoms with E-state index in [1.807, 2.05) is 45.0 Å². The Morgan fingerprint density at radius 2 is 1.91 bits per heavy atom. The third kappa shape index (κ3) is 6.21. The number of likely N-dealkylation sites (tertiary alicyclic amines) is 1. The smallest absolute Gasteiger partial charge is 0.410 e.